The molecule has 0 aliphatic carbocycles. The van der Waals surface area contributed by atoms with Crippen molar-refractivity contribution in [2.45, 2.75) is 0 Å². The molecule has 0 aliphatic rings. The maximum Gasteiger partial charge on any atom is 0.204 e. The Morgan fingerprint density at radius 3 is 2.92 bits per heavy atom. The van der Waals surface area contributed by atoms with E-state index in [2.05, 4.69) is 0 Å². The Bertz CT molecular complexity index is 505. The van der Waals surface area contributed by atoms with Crippen LogP contribution in [0, 0.1) is 11.3 Å². The predicted octanol–water partition coefficient (Wildman–Crippen LogP) is 2.12. The minimum Gasteiger partial charge on any atom is -0.446 e. The van der Waals surface area contributed by atoms with E-state index in [1.807, 2.05) is 6.07 Å². The summed E-state index contributed by atoms with van der Waals surface area (Å²) in [6.45, 7) is 0. The Morgan fingerprint density at radius 1 is 1.38 bits per heavy atom. The molecule has 0 saturated carbocycles. The van der Waals surface area contributed by atoms with Gasteiger partial charge < -0.3 is 4.42 Å². The fourth-order valence-electron chi connectivity index (χ4n) is 1.18. The summed E-state index contributed by atoms with van der Waals surface area (Å²) < 4.78 is 5.14. The molecule has 0 spiro atoms. The van der Waals surface area contributed by atoms with E-state index in [1.54, 1.807) is 24.3 Å². The van der Waals surface area contributed by atoms with Crippen molar-refractivity contribution in [1.82, 2.24) is 0 Å². The minimum absolute atomic E-state index is 0.262. The van der Waals surface area contributed by atoms with E-state index >= 15 is 0 Å². The third-order valence-corrected chi connectivity index (χ3v) is 1.79. The van der Waals surface area contributed by atoms with Crippen molar-refractivity contribution in [1.29, 1.82) is 5.26 Å². The maximum atomic E-state index is 10.4. The van der Waals surface area contributed by atoms with Crippen molar-refractivity contribution in [3.8, 4) is 6.07 Å². The molecule has 1 aromatic carbocycles. The summed E-state index contributed by atoms with van der Waals surface area (Å²) in [5.41, 5.74) is 1.12. The van der Waals surface area contributed by atoms with Gasteiger partial charge in [-0.15, -0.1) is 0 Å². The number of hydrogen-bond acceptors (Lipinski definition) is 3. The van der Waals surface area contributed by atoms with Crippen molar-refractivity contribution < 1.29 is 9.21 Å². The molecule has 62 valence electrons. The number of aldehydes is 1. The molecule has 1 aromatic heterocycles. The summed E-state index contributed by atoms with van der Waals surface area (Å²) in [7, 11) is 0. The van der Waals surface area contributed by atoms with Crippen molar-refractivity contribution >= 4 is 17.3 Å². The SMILES string of the molecule is N#Cc1cc2ccc(C=O)cc2o1. The van der Waals surface area contributed by atoms with E-state index in [0.29, 0.717) is 11.1 Å². The van der Waals surface area contributed by atoms with Crippen molar-refractivity contribution in [3.05, 3.63) is 35.6 Å². The van der Waals surface area contributed by atoms with E-state index in [1.165, 1.54) is 0 Å². The fourth-order valence-corrected chi connectivity index (χ4v) is 1.18. The molecular weight excluding hydrogens is 166 g/mol. The zero-order valence-electron chi connectivity index (χ0n) is 6.65. The van der Waals surface area contributed by atoms with Crippen LogP contribution in [-0.4, -0.2) is 6.29 Å². The molecule has 3 heteroatoms. The van der Waals surface area contributed by atoms with Gasteiger partial charge in [0, 0.05) is 17.0 Å². The number of nitriles is 1. The Hall–Kier alpha value is -2.08. The number of hydrogen-bond donors (Lipinski definition) is 0. The number of nitrogens with zero attached hydrogens (tertiary/aromatic N) is 1. The Morgan fingerprint density at radius 2 is 2.23 bits per heavy atom. The van der Waals surface area contributed by atoms with Crippen LogP contribution in [0.2, 0.25) is 0 Å². The van der Waals surface area contributed by atoms with E-state index in [-0.39, 0.29) is 5.76 Å². The van der Waals surface area contributed by atoms with E-state index in [9.17, 15) is 4.79 Å². The van der Waals surface area contributed by atoms with Crippen LogP contribution in [0.1, 0.15) is 16.1 Å². The second-order valence-corrected chi connectivity index (χ2v) is 2.64. The Balaban J connectivity index is 2.72. The first-order valence-electron chi connectivity index (χ1n) is 3.72. The first kappa shape index (κ1) is 7.56. The lowest BCUT2D eigenvalue weighted by Gasteiger charge is -1.88. The number of carbonyl (C=O) groups excluding carboxylic acids is 1. The van der Waals surface area contributed by atoms with Crippen LogP contribution < -0.4 is 0 Å². The molecule has 2 aromatic rings. The molecule has 0 aliphatic heterocycles. The highest BCUT2D eigenvalue weighted by molar-refractivity contribution is 5.86. The average molecular weight is 171 g/mol. The zero-order valence-corrected chi connectivity index (χ0v) is 6.65. The number of rotatable bonds is 1. The van der Waals surface area contributed by atoms with E-state index < -0.39 is 0 Å². The van der Waals surface area contributed by atoms with Gasteiger partial charge in [-0.1, -0.05) is 12.1 Å². The molecule has 13 heavy (non-hydrogen) atoms. The second-order valence-electron chi connectivity index (χ2n) is 2.64. The summed E-state index contributed by atoms with van der Waals surface area (Å²) in [6.07, 6.45) is 0.744. The van der Waals surface area contributed by atoms with Gasteiger partial charge in [0.2, 0.25) is 5.76 Å². The lowest BCUT2D eigenvalue weighted by atomic mass is 10.2. The molecule has 0 amide bonds. The van der Waals surface area contributed by atoms with Crippen molar-refractivity contribution in [3.63, 3.8) is 0 Å². The first-order chi connectivity index (χ1) is 6.33. The Kier molecular flexibility index (Phi) is 1.60. The Labute approximate surface area is 74.2 Å². The monoisotopic (exact) mass is 171 g/mol. The third-order valence-electron chi connectivity index (χ3n) is 1.79. The van der Waals surface area contributed by atoms with E-state index in [0.717, 1.165) is 11.7 Å². The smallest absolute Gasteiger partial charge is 0.204 e. The third kappa shape index (κ3) is 1.18. The molecule has 3 nitrogen and oxygen atoms in total. The summed E-state index contributed by atoms with van der Waals surface area (Å²) >= 11 is 0. The summed E-state index contributed by atoms with van der Waals surface area (Å²) in [4.78, 5) is 10.4. The molecule has 0 saturated heterocycles. The van der Waals surface area contributed by atoms with Crippen LogP contribution >= 0.6 is 0 Å². The molecule has 0 radical (unpaired) electrons. The highest BCUT2D eigenvalue weighted by Gasteiger charge is 2.02. The largest absolute Gasteiger partial charge is 0.446 e. The van der Waals surface area contributed by atoms with Gasteiger partial charge in [0.1, 0.15) is 17.9 Å². The normalized spacial score (nSPS) is 9.77. The topological polar surface area (TPSA) is 54.0 Å². The van der Waals surface area contributed by atoms with Gasteiger partial charge in [-0.05, 0) is 6.07 Å². The van der Waals surface area contributed by atoms with Crippen LogP contribution in [0.25, 0.3) is 11.0 Å². The standard InChI is InChI=1S/C10H5NO2/c11-5-9-4-8-2-1-7(6-12)3-10(8)13-9/h1-4,6H. The lowest BCUT2D eigenvalue weighted by molar-refractivity contribution is 0.112. The zero-order chi connectivity index (χ0) is 9.26. The molecule has 2 rings (SSSR count). The maximum absolute atomic E-state index is 10.4. The molecule has 0 fully saturated rings. The van der Waals surface area contributed by atoms with Gasteiger partial charge in [0.15, 0.2) is 0 Å². The highest BCUT2D eigenvalue weighted by Crippen LogP contribution is 2.19. The van der Waals surface area contributed by atoms with Crippen molar-refractivity contribution in [2.24, 2.45) is 0 Å². The second kappa shape index (κ2) is 2.76. The lowest BCUT2D eigenvalue weighted by Crippen LogP contribution is -1.75. The molecule has 0 bridgehead atoms. The molecule has 0 N–H and O–H groups in total. The quantitative estimate of drug-likeness (QED) is 0.617. The van der Waals surface area contributed by atoms with Gasteiger partial charge in [-0.25, -0.2) is 0 Å². The van der Waals surface area contributed by atoms with Gasteiger partial charge in [0.05, 0.1) is 0 Å². The van der Waals surface area contributed by atoms with Crippen LogP contribution in [0.15, 0.2) is 28.7 Å². The van der Waals surface area contributed by atoms with E-state index in [4.69, 9.17) is 9.68 Å². The number of benzene rings is 1. The molecule has 0 atom stereocenters. The van der Waals surface area contributed by atoms with Crippen LogP contribution in [0.5, 0.6) is 0 Å². The van der Waals surface area contributed by atoms with Crippen LogP contribution in [0.3, 0.4) is 0 Å². The van der Waals surface area contributed by atoms with Crippen molar-refractivity contribution in [2.75, 3.05) is 0 Å². The number of fused-ring (bicyclic) bond motifs is 1. The van der Waals surface area contributed by atoms with Gasteiger partial charge >= 0.3 is 0 Å². The minimum atomic E-state index is 0.262. The van der Waals surface area contributed by atoms with Gasteiger partial charge in [-0.3, -0.25) is 4.79 Å². The fraction of sp³-hybridized carbons (Fsp3) is 0. The molecular formula is C10H5NO2. The number of carbonyl (C=O) groups is 1. The van der Waals surface area contributed by atoms with Gasteiger partial charge in [0.25, 0.3) is 0 Å². The van der Waals surface area contributed by atoms with Gasteiger partial charge in [-0.2, -0.15) is 5.26 Å². The van der Waals surface area contributed by atoms with Crippen LogP contribution in [0.4, 0.5) is 0 Å². The summed E-state index contributed by atoms with van der Waals surface area (Å²) in [6, 6.07) is 8.60. The summed E-state index contributed by atoms with van der Waals surface area (Å²) in [5.74, 6) is 0.262. The first-order valence-corrected chi connectivity index (χ1v) is 3.72. The highest BCUT2D eigenvalue weighted by atomic mass is 16.3. The average Bonchev–Trinajstić information content (AvgIpc) is 2.58. The number of furan rings is 1. The molecule has 0 unspecified atom stereocenters. The van der Waals surface area contributed by atoms with Crippen LogP contribution in [-0.2, 0) is 0 Å². The summed E-state index contributed by atoms with van der Waals surface area (Å²) in [5, 5.41) is 9.39. The molecule has 1 heterocycles. The predicted molar refractivity (Wildman–Crippen MR) is 46.3 cm³/mol.